The molecule has 1 aliphatic heterocycles. The van der Waals surface area contributed by atoms with E-state index in [0.29, 0.717) is 11.5 Å². The second-order valence-electron chi connectivity index (χ2n) is 6.25. The first kappa shape index (κ1) is 18.0. The lowest BCUT2D eigenvalue weighted by molar-refractivity contribution is 0.331. The number of rotatable bonds is 8. The number of benzene rings is 1. The predicted molar refractivity (Wildman–Crippen MR) is 101 cm³/mol. The molecule has 0 atom stereocenters. The van der Waals surface area contributed by atoms with Crippen molar-refractivity contribution < 1.29 is 9.47 Å². The summed E-state index contributed by atoms with van der Waals surface area (Å²) in [7, 11) is 3.22. The Kier molecular flexibility index (Phi) is 6.15. The van der Waals surface area contributed by atoms with Crippen molar-refractivity contribution in [2.75, 3.05) is 45.7 Å². The molecule has 2 aromatic rings. The maximum Gasteiger partial charge on any atom is 0.224 e. The zero-order valence-corrected chi connectivity index (χ0v) is 15.6. The van der Waals surface area contributed by atoms with Crippen LogP contribution < -0.4 is 14.8 Å². The summed E-state index contributed by atoms with van der Waals surface area (Å²) in [6.45, 7) is 4.53. The van der Waals surface area contributed by atoms with Crippen molar-refractivity contribution in [1.82, 2.24) is 14.9 Å². The molecule has 0 spiro atoms. The molecule has 0 amide bonds. The van der Waals surface area contributed by atoms with Crippen molar-refractivity contribution in [1.29, 1.82) is 0 Å². The largest absolute Gasteiger partial charge is 0.493 e. The molecule has 0 bridgehead atoms. The van der Waals surface area contributed by atoms with Crippen molar-refractivity contribution in [2.45, 2.75) is 25.7 Å². The number of nitrogens with one attached hydrogen (secondary N) is 1. The second kappa shape index (κ2) is 8.54. The number of halogens is 1. The van der Waals surface area contributed by atoms with Crippen LogP contribution in [-0.4, -0.2) is 55.3 Å². The minimum atomic E-state index is 0.222. The average Bonchev–Trinajstić information content (AvgIpc) is 3.13. The van der Waals surface area contributed by atoms with Gasteiger partial charge in [0.15, 0.2) is 11.5 Å². The van der Waals surface area contributed by atoms with Gasteiger partial charge < -0.3 is 19.7 Å². The number of aromatic nitrogens is 2. The normalized spacial score (nSPS) is 14.8. The standard InChI is InChI=1S/C18H25ClN4O2/c1-24-15-11-13-14(12-16(15)25-2)21-18(19)22-17(13)20-7-3-4-8-23-9-5-6-10-23/h11-12H,3-10H2,1-2H3,(H,20,21,22). The molecular formula is C18H25ClN4O2. The molecule has 3 rings (SSSR count). The highest BCUT2D eigenvalue weighted by atomic mass is 35.5. The summed E-state index contributed by atoms with van der Waals surface area (Å²) < 4.78 is 10.7. The fourth-order valence-electron chi connectivity index (χ4n) is 3.24. The number of methoxy groups -OCH3 is 2. The van der Waals surface area contributed by atoms with Crippen molar-refractivity contribution in [3.63, 3.8) is 0 Å². The number of likely N-dealkylation sites (tertiary alicyclic amines) is 1. The van der Waals surface area contributed by atoms with Crippen LogP contribution in [-0.2, 0) is 0 Å². The van der Waals surface area contributed by atoms with Crippen LogP contribution in [0.5, 0.6) is 11.5 Å². The number of hydrogen-bond acceptors (Lipinski definition) is 6. The minimum Gasteiger partial charge on any atom is -0.493 e. The number of ether oxygens (including phenoxy) is 2. The summed E-state index contributed by atoms with van der Waals surface area (Å²) in [5.41, 5.74) is 0.734. The molecule has 1 saturated heterocycles. The highest BCUT2D eigenvalue weighted by Crippen LogP contribution is 2.34. The van der Waals surface area contributed by atoms with Gasteiger partial charge in [0.2, 0.25) is 5.28 Å². The summed E-state index contributed by atoms with van der Waals surface area (Å²) in [5.74, 6) is 2.01. The molecule has 2 heterocycles. The molecule has 0 unspecified atom stereocenters. The monoisotopic (exact) mass is 364 g/mol. The molecule has 7 heteroatoms. The van der Waals surface area contributed by atoms with Crippen LogP contribution >= 0.6 is 11.6 Å². The van der Waals surface area contributed by atoms with Crippen LogP contribution in [0, 0.1) is 0 Å². The Hall–Kier alpha value is -1.79. The molecule has 0 aliphatic carbocycles. The van der Waals surface area contributed by atoms with E-state index in [-0.39, 0.29) is 5.28 Å². The number of fused-ring (bicyclic) bond motifs is 1. The predicted octanol–water partition coefficient (Wildman–Crippen LogP) is 3.59. The number of unbranched alkanes of at least 4 members (excludes halogenated alkanes) is 1. The number of hydrogen-bond donors (Lipinski definition) is 1. The van der Waals surface area contributed by atoms with Crippen LogP contribution in [0.25, 0.3) is 10.9 Å². The quantitative estimate of drug-likeness (QED) is 0.570. The van der Waals surface area contributed by atoms with Gasteiger partial charge in [-0.3, -0.25) is 0 Å². The summed E-state index contributed by atoms with van der Waals surface area (Å²) in [6.07, 6.45) is 4.96. The Labute approximate surface area is 153 Å². The van der Waals surface area contributed by atoms with Gasteiger partial charge in [0.05, 0.1) is 19.7 Å². The molecule has 0 saturated carbocycles. The third-order valence-electron chi connectivity index (χ3n) is 4.57. The molecule has 1 fully saturated rings. The summed E-state index contributed by atoms with van der Waals surface area (Å²) in [5, 5.41) is 4.49. The zero-order chi connectivity index (χ0) is 17.6. The van der Waals surface area contributed by atoms with E-state index in [4.69, 9.17) is 21.1 Å². The van der Waals surface area contributed by atoms with Crippen LogP contribution in [0.2, 0.25) is 5.28 Å². The van der Waals surface area contributed by atoms with Crippen molar-refractivity contribution in [3.05, 3.63) is 17.4 Å². The van der Waals surface area contributed by atoms with E-state index in [9.17, 15) is 0 Å². The van der Waals surface area contributed by atoms with Gasteiger partial charge in [-0.2, -0.15) is 0 Å². The molecule has 1 aromatic heterocycles. The van der Waals surface area contributed by atoms with Gasteiger partial charge in [0, 0.05) is 18.0 Å². The van der Waals surface area contributed by atoms with Gasteiger partial charge in [-0.1, -0.05) is 0 Å². The molecule has 0 radical (unpaired) electrons. The maximum absolute atomic E-state index is 6.08. The number of nitrogens with zero attached hydrogens (tertiary/aromatic N) is 3. The Morgan fingerprint density at radius 1 is 1.08 bits per heavy atom. The molecular weight excluding hydrogens is 340 g/mol. The summed E-state index contributed by atoms with van der Waals surface area (Å²) >= 11 is 6.08. The molecule has 6 nitrogen and oxygen atoms in total. The smallest absolute Gasteiger partial charge is 0.224 e. The van der Waals surface area contributed by atoms with Gasteiger partial charge in [-0.05, 0) is 63.0 Å². The van der Waals surface area contributed by atoms with Crippen molar-refractivity contribution in [2.24, 2.45) is 0 Å². The van der Waals surface area contributed by atoms with Crippen molar-refractivity contribution >= 4 is 28.3 Å². The van der Waals surface area contributed by atoms with Crippen molar-refractivity contribution in [3.8, 4) is 11.5 Å². The van der Waals surface area contributed by atoms with Gasteiger partial charge >= 0.3 is 0 Å². The van der Waals surface area contributed by atoms with Crippen LogP contribution in [0.4, 0.5) is 5.82 Å². The lowest BCUT2D eigenvalue weighted by atomic mass is 10.2. The van der Waals surface area contributed by atoms with E-state index in [0.717, 1.165) is 29.7 Å². The molecule has 1 N–H and O–H groups in total. The van der Waals surface area contributed by atoms with E-state index in [1.54, 1.807) is 14.2 Å². The van der Waals surface area contributed by atoms with Crippen LogP contribution in [0.3, 0.4) is 0 Å². The summed E-state index contributed by atoms with van der Waals surface area (Å²) in [6, 6.07) is 3.71. The molecule has 25 heavy (non-hydrogen) atoms. The average molecular weight is 365 g/mol. The van der Waals surface area contributed by atoms with E-state index in [1.165, 1.54) is 38.9 Å². The zero-order valence-electron chi connectivity index (χ0n) is 14.8. The molecule has 1 aromatic carbocycles. The molecule has 1 aliphatic rings. The summed E-state index contributed by atoms with van der Waals surface area (Å²) in [4.78, 5) is 11.2. The highest BCUT2D eigenvalue weighted by Gasteiger charge is 2.13. The third kappa shape index (κ3) is 4.44. The maximum atomic E-state index is 6.08. The van der Waals surface area contributed by atoms with Gasteiger partial charge in [-0.15, -0.1) is 0 Å². The lowest BCUT2D eigenvalue weighted by Gasteiger charge is -2.15. The molecule has 136 valence electrons. The lowest BCUT2D eigenvalue weighted by Crippen LogP contribution is -2.20. The topological polar surface area (TPSA) is 59.5 Å². The number of anilines is 1. The van der Waals surface area contributed by atoms with Gasteiger partial charge in [-0.25, -0.2) is 9.97 Å². The fraction of sp³-hybridized carbons (Fsp3) is 0.556. The van der Waals surface area contributed by atoms with Crippen LogP contribution in [0.1, 0.15) is 25.7 Å². The third-order valence-corrected chi connectivity index (χ3v) is 4.74. The second-order valence-corrected chi connectivity index (χ2v) is 6.59. The van der Waals surface area contributed by atoms with E-state index >= 15 is 0 Å². The Bertz CT molecular complexity index is 720. The van der Waals surface area contributed by atoms with Gasteiger partial charge in [0.25, 0.3) is 0 Å². The van der Waals surface area contributed by atoms with E-state index in [1.807, 2.05) is 12.1 Å². The fourth-order valence-corrected chi connectivity index (χ4v) is 3.41. The first-order chi connectivity index (χ1) is 12.2. The Balaban J connectivity index is 1.67. The Morgan fingerprint density at radius 3 is 2.52 bits per heavy atom. The highest BCUT2D eigenvalue weighted by molar-refractivity contribution is 6.28. The first-order valence-electron chi connectivity index (χ1n) is 8.77. The van der Waals surface area contributed by atoms with Crippen LogP contribution in [0.15, 0.2) is 12.1 Å². The first-order valence-corrected chi connectivity index (χ1v) is 9.14. The SMILES string of the molecule is COc1cc2nc(Cl)nc(NCCCCN3CCCC3)c2cc1OC. The van der Waals surface area contributed by atoms with E-state index in [2.05, 4.69) is 20.2 Å². The minimum absolute atomic E-state index is 0.222. The van der Waals surface area contributed by atoms with Gasteiger partial charge in [0.1, 0.15) is 5.82 Å². The van der Waals surface area contributed by atoms with E-state index < -0.39 is 0 Å². The Morgan fingerprint density at radius 2 is 1.80 bits per heavy atom.